The summed E-state index contributed by atoms with van der Waals surface area (Å²) in [4.78, 5) is 38.1. The quantitative estimate of drug-likeness (QED) is 0.746. The van der Waals surface area contributed by atoms with E-state index in [0.29, 0.717) is 18.0 Å². The number of amides is 2. The average Bonchev–Trinajstić information content (AvgIpc) is 3.17. The second-order valence-electron chi connectivity index (χ2n) is 5.57. The van der Waals surface area contributed by atoms with Gasteiger partial charge in [-0.1, -0.05) is 18.2 Å². The summed E-state index contributed by atoms with van der Waals surface area (Å²) < 4.78 is 10.3. The summed E-state index contributed by atoms with van der Waals surface area (Å²) in [6.07, 6.45) is -0.00171. The molecule has 1 aliphatic rings. The predicted octanol–water partition coefficient (Wildman–Crippen LogP) is 1.72. The van der Waals surface area contributed by atoms with Crippen LogP contribution >= 0.6 is 11.3 Å². The number of benzene rings is 1. The molecule has 2 aromatic rings. The lowest BCUT2D eigenvalue weighted by molar-refractivity contribution is -0.148. The highest BCUT2D eigenvalue weighted by Crippen LogP contribution is 2.31. The van der Waals surface area contributed by atoms with Gasteiger partial charge in [0.2, 0.25) is 0 Å². The molecular formula is C18H18N2O5S. The third-order valence-electron chi connectivity index (χ3n) is 3.75. The van der Waals surface area contributed by atoms with E-state index in [-0.39, 0.29) is 38.0 Å². The zero-order chi connectivity index (χ0) is 18.4. The minimum Gasteiger partial charge on any atom is -0.482 e. The fraction of sp³-hybridized carbons (Fsp3) is 0.278. The van der Waals surface area contributed by atoms with Gasteiger partial charge >= 0.3 is 5.97 Å². The topological polar surface area (TPSA) is 84.9 Å². The van der Waals surface area contributed by atoms with Crippen molar-refractivity contribution >= 4 is 34.8 Å². The van der Waals surface area contributed by atoms with Gasteiger partial charge in [-0.3, -0.25) is 14.4 Å². The number of esters is 1. The number of thiophene rings is 1. The van der Waals surface area contributed by atoms with Crippen molar-refractivity contribution in [1.82, 2.24) is 5.32 Å². The van der Waals surface area contributed by atoms with Gasteiger partial charge in [-0.15, -0.1) is 11.3 Å². The van der Waals surface area contributed by atoms with Crippen LogP contribution < -0.4 is 15.0 Å². The normalized spacial score (nSPS) is 12.9. The van der Waals surface area contributed by atoms with Gasteiger partial charge in [0.25, 0.3) is 11.8 Å². The summed E-state index contributed by atoms with van der Waals surface area (Å²) in [5, 5.41) is 4.60. The van der Waals surface area contributed by atoms with Gasteiger partial charge in [0.15, 0.2) is 13.2 Å². The molecule has 0 saturated carbocycles. The first-order valence-electron chi connectivity index (χ1n) is 8.10. The van der Waals surface area contributed by atoms with Crippen LogP contribution in [0.15, 0.2) is 41.8 Å². The second-order valence-corrected chi connectivity index (χ2v) is 6.60. The molecular weight excluding hydrogens is 356 g/mol. The predicted molar refractivity (Wildman–Crippen MR) is 96.0 cm³/mol. The van der Waals surface area contributed by atoms with Crippen molar-refractivity contribution < 1.29 is 23.9 Å². The lowest BCUT2D eigenvalue weighted by Gasteiger charge is -2.28. The summed E-state index contributed by atoms with van der Waals surface area (Å²) in [5.41, 5.74) is 0.630. The molecule has 2 heterocycles. The molecule has 0 saturated heterocycles. The Morgan fingerprint density at radius 2 is 2.08 bits per heavy atom. The van der Waals surface area contributed by atoms with Crippen LogP contribution in [0.25, 0.3) is 0 Å². The maximum absolute atomic E-state index is 12.0. The lowest BCUT2D eigenvalue weighted by atomic mass is 10.2. The fourth-order valence-electron chi connectivity index (χ4n) is 2.47. The van der Waals surface area contributed by atoms with Gasteiger partial charge in [0, 0.05) is 11.4 Å². The number of nitrogens with one attached hydrogen (secondary N) is 1. The molecule has 26 heavy (non-hydrogen) atoms. The molecule has 2 amide bonds. The van der Waals surface area contributed by atoms with E-state index in [4.69, 9.17) is 9.47 Å². The summed E-state index contributed by atoms with van der Waals surface area (Å²) in [5.74, 6) is -0.508. The first-order chi connectivity index (χ1) is 12.6. The van der Waals surface area contributed by atoms with Crippen LogP contribution in [0.3, 0.4) is 0 Å². The number of nitrogens with zero attached hydrogens (tertiary/aromatic N) is 1. The number of anilines is 1. The zero-order valence-corrected chi connectivity index (χ0v) is 14.8. The Labute approximate surface area is 154 Å². The van der Waals surface area contributed by atoms with Gasteiger partial charge in [-0.25, -0.2) is 0 Å². The summed E-state index contributed by atoms with van der Waals surface area (Å²) in [7, 11) is 0. The van der Waals surface area contributed by atoms with Crippen molar-refractivity contribution in [2.45, 2.75) is 13.0 Å². The van der Waals surface area contributed by atoms with Crippen LogP contribution in [0.1, 0.15) is 11.3 Å². The third-order valence-corrected chi connectivity index (χ3v) is 4.63. The summed E-state index contributed by atoms with van der Waals surface area (Å²) in [6, 6.07) is 11.0. The van der Waals surface area contributed by atoms with Gasteiger partial charge in [-0.05, 0) is 23.6 Å². The van der Waals surface area contributed by atoms with Crippen LogP contribution in [0.4, 0.5) is 5.69 Å². The molecule has 8 heteroatoms. The van der Waals surface area contributed by atoms with Gasteiger partial charge in [0.05, 0.1) is 18.7 Å². The highest BCUT2D eigenvalue weighted by molar-refractivity contribution is 7.09. The van der Waals surface area contributed by atoms with Crippen molar-refractivity contribution in [1.29, 1.82) is 0 Å². The van der Waals surface area contributed by atoms with Crippen molar-refractivity contribution in [2.75, 3.05) is 24.7 Å². The number of ether oxygens (including phenoxy) is 2. The second kappa shape index (κ2) is 8.48. The van der Waals surface area contributed by atoms with E-state index in [1.54, 1.807) is 18.2 Å². The molecule has 136 valence electrons. The zero-order valence-electron chi connectivity index (χ0n) is 14.0. The maximum atomic E-state index is 12.0. The Bertz CT molecular complexity index is 791. The molecule has 3 rings (SSSR count). The number of rotatable bonds is 7. The van der Waals surface area contributed by atoms with E-state index in [1.807, 2.05) is 23.6 Å². The number of fused-ring (bicyclic) bond motifs is 1. The summed E-state index contributed by atoms with van der Waals surface area (Å²) >= 11 is 1.54. The van der Waals surface area contributed by atoms with Crippen molar-refractivity contribution in [2.24, 2.45) is 0 Å². The van der Waals surface area contributed by atoms with Crippen molar-refractivity contribution in [3.05, 3.63) is 46.7 Å². The number of carbonyl (C=O) groups excluding carboxylic acids is 3. The Balaban J connectivity index is 1.42. The number of hydrogen-bond donors (Lipinski definition) is 1. The Morgan fingerprint density at radius 3 is 2.88 bits per heavy atom. The number of para-hydroxylation sites is 2. The van der Waals surface area contributed by atoms with Crippen LogP contribution in [-0.2, 0) is 25.7 Å². The molecule has 0 bridgehead atoms. The molecule has 0 fully saturated rings. The smallest absolute Gasteiger partial charge is 0.308 e. The highest BCUT2D eigenvalue weighted by Gasteiger charge is 2.25. The standard InChI is InChI=1S/C18H18N2O5S/c21-16(19-10-13-4-3-9-26-13)11-25-18(23)7-8-20-14-5-1-2-6-15(14)24-12-17(20)22/h1-6,9H,7-8,10-12H2,(H,19,21). The molecule has 0 radical (unpaired) electrons. The molecule has 1 aromatic carbocycles. The molecule has 0 spiro atoms. The molecule has 1 aliphatic heterocycles. The minimum absolute atomic E-state index is 0.00171. The van der Waals surface area contributed by atoms with E-state index < -0.39 is 5.97 Å². The number of hydrogen-bond acceptors (Lipinski definition) is 6. The molecule has 7 nitrogen and oxygen atoms in total. The Morgan fingerprint density at radius 1 is 1.23 bits per heavy atom. The molecule has 0 aliphatic carbocycles. The van der Waals surface area contributed by atoms with E-state index in [9.17, 15) is 14.4 Å². The van der Waals surface area contributed by atoms with Crippen molar-refractivity contribution in [3.63, 3.8) is 0 Å². The summed E-state index contributed by atoms with van der Waals surface area (Å²) in [6.45, 7) is 0.191. The molecule has 0 unspecified atom stereocenters. The third kappa shape index (κ3) is 4.60. The first-order valence-corrected chi connectivity index (χ1v) is 8.98. The largest absolute Gasteiger partial charge is 0.482 e. The Hall–Kier alpha value is -2.87. The van der Waals surface area contributed by atoms with E-state index >= 15 is 0 Å². The highest BCUT2D eigenvalue weighted by atomic mass is 32.1. The van der Waals surface area contributed by atoms with Crippen LogP contribution in [0.5, 0.6) is 5.75 Å². The molecule has 1 aromatic heterocycles. The monoisotopic (exact) mass is 374 g/mol. The Kier molecular flexibility index (Phi) is 5.85. The van der Waals surface area contributed by atoms with E-state index in [1.165, 1.54) is 16.2 Å². The van der Waals surface area contributed by atoms with Crippen LogP contribution in [0, 0.1) is 0 Å². The first kappa shape index (κ1) is 17.9. The SMILES string of the molecule is O=C(COC(=O)CCN1C(=O)COc2ccccc21)NCc1cccs1. The van der Waals surface area contributed by atoms with Crippen molar-refractivity contribution in [3.8, 4) is 5.75 Å². The van der Waals surface area contributed by atoms with E-state index in [2.05, 4.69) is 5.32 Å². The fourth-order valence-corrected chi connectivity index (χ4v) is 3.11. The van der Waals surface area contributed by atoms with Gasteiger partial charge in [-0.2, -0.15) is 0 Å². The van der Waals surface area contributed by atoms with Gasteiger partial charge in [0.1, 0.15) is 5.75 Å². The van der Waals surface area contributed by atoms with Crippen LogP contribution in [-0.4, -0.2) is 37.5 Å². The minimum atomic E-state index is -0.534. The van der Waals surface area contributed by atoms with E-state index in [0.717, 1.165) is 4.88 Å². The van der Waals surface area contributed by atoms with Gasteiger partial charge < -0.3 is 19.7 Å². The molecule has 1 N–H and O–H groups in total. The lowest BCUT2D eigenvalue weighted by Crippen LogP contribution is -2.40. The maximum Gasteiger partial charge on any atom is 0.308 e. The average molecular weight is 374 g/mol. The van der Waals surface area contributed by atoms with Crippen LogP contribution in [0.2, 0.25) is 0 Å². The number of carbonyl (C=O) groups is 3. The molecule has 0 atom stereocenters.